The third-order valence-corrected chi connectivity index (χ3v) is 5.09. The zero-order chi connectivity index (χ0) is 22.1. The Balaban J connectivity index is 1.84. The van der Waals surface area contributed by atoms with Crippen molar-refractivity contribution in [1.82, 2.24) is 38.2 Å². The summed E-state index contributed by atoms with van der Waals surface area (Å²) in [4.78, 5) is 62.0. The molecule has 4 rings (SSSR count). The van der Waals surface area contributed by atoms with Crippen LogP contribution in [0.4, 0.5) is 0 Å². The molecule has 0 aliphatic rings. The fourth-order valence-corrected chi connectivity index (χ4v) is 3.27. The van der Waals surface area contributed by atoms with Crippen molar-refractivity contribution in [3.8, 4) is 0 Å². The molecule has 4 N–H and O–H groups in total. The molecule has 14 nitrogen and oxygen atoms in total. The van der Waals surface area contributed by atoms with Gasteiger partial charge in [-0.2, -0.15) is 0 Å². The Kier molecular flexibility index (Phi) is 4.14. The highest BCUT2D eigenvalue weighted by Crippen LogP contribution is 2.26. The number of hydrogen-bond donors (Lipinski definition) is 4. The van der Waals surface area contributed by atoms with Crippen LogP contribution in [0.15, 0.2) is 19.2 Å². The highest BCUT2D eigenvalue weighted by atomic mass is 16.3. The van der Waals surface area contributed by atoms with Gasteiger partial charge in [-0.25, -0.2) is 19.6 Å². The van der Waals surface area contributed by atoms with Crippen molar-refractivity contribution in [1.29, 1.82) is 0 Å². The second-order valence-corrected chi connectivity index (χ2v) is 6.94. The topological polar surface area (TPSA) is 186 Å². The average molecular weight is 418 g/mol. The number of rotatable bonds is 3. The van der Waals surface area contributed by atoms with Gasteiger partial charge < -0.3 is 20.2 Å². The predicted octanol–water partition coefficient (Wildman–Crippen LogP) is -3.00. The Bertz CT molecular complexity index is 1440. The lowest BCUT2D eigenvalue weighted by molar-refractivity contribution is 0.00775. The van der Waals surface area contributed by atoms with Gasteiger partial charge in [0.25, 0.3) is 11.1 Å². The molecule has 0 aromatic carbocycles. The highest BCUT2D eigenvalue weighted by Gasteiger charge is 2.28. The molecule has 0 radical (unpaired) electrons. The molecular formula is C16H18N8O6. The molecule has 0 aliphatic heterocycles. The number of aromatic amines is 2. The summed E-state index contributed by atoms with van der Waals surface area (Å²) in [7, 11) is 5.42. The Morgan fingerprint density at radius 1 is 0.667 bits per heavy atom. The van der Waals surface area contributed by atoms with Crippen LogP contribution in [0, 0.1) is 0 Å². The minimum Gasteiger partial charge on any atom is -0.382 e. The van der Waals surface area contributed by atoms with E-state index in [0.29, 0.717) is 0 Å². The van der Waals surface area contributed by atoms with Gasteiger partial charge in [0.05, 0.1) is 0 Å². The largest absolute Gasteiger partial charge is 0.382 e. The summed E-state index contributed by atoms with van der Waals surface area (Å²) in [5, 5.41) is 21.2. The lowest BCUT2D eigenvalue weighted by Gasteiger charge is -2.13. The predicted molar refractivity (Wildman–Crippen MR) is 103 cm³/mol. The molecule has 158 valence electrons. The first-order valence-electron chi connectivity index (χ1n) is 8.72. The van der Waals surface area contributed by atoms with E-state index in [1.165, 1.54) is 28.2 Å². The molecular weight excluding hydrogens is 400 g/mol. The molecule has 0 bridgehead atoms. The van der Waals surface area contributed by atoms with Gasteiger partial charge in [0.2, 0.25) is 0 Å². The fraction of sp³-hybridized carbons (Fsp3) is 0.375. The lowest BCUT2D eigenvalue weighted by Crippen LogP contribution is -2.36. The zero-order valence-corrected chi connectivity index (χ0v) is 16.4. The number of aromatic nitrogens is 8. The molecule has 2 atom stereocenters. The van der Waals surface area contributed by atoms with Crippen LogP contribution in [-0.2, 0) is 28.2 Å². The number of nitrogens with one attached hydrogen (secondary N) is 2. The summed E-state index contributed by atoms with van der Waals surface area (Å²) in [5.74, 6) is -0.365. The van der Waals surface area contributed by atoms with E-state index in [0.717, 1.165) is 18.3 Å². The Hall–Kier alpha value is -3.78. The van der Waals surface area contributed by atoms with Gasteiger partial charge >= 0.3 is 11.4 Å². The minimum atomic E-state index is -1.68. The van der Waals surface area contributed by atoms with Crippen LogP contribution in [0.25, 0.3) is 22.3 Å². The fourth-order valence-electron chi connectivity index (χ4n) is 3.27. The van der Waals surface area contributed by atoms with Gasteiger partial charge in [-0.1, -0.05) is 0 Å². The number of imidazole rings is 2. The van der Waals surface area contributed by atoms with Gasteiger partial charge in [0, 0.05) is 28.2 Å². The maximum Gasteiger partial charge on any atom is 0.332 e. The monoisotopic (exact) mass is 418 g/mol. The van der Waals surface area contributed by atoms with Crippen LogP contribution in [0.3, 0.4) is 0 Å². The van der Waals surface area contributed by atoms with E-state index in [1.807, 2.05) is 0 Å². The molecule has 14 heteroatoms. The first kappa shape index (κ1) is 19.5. The van der Waals surface area contributed by atoms with Gasteiger partial charge in [-0.05, 0) is 0 Å². The third kappa shape index (κ3) is 2.50. The average Bonchev–Trinajstić information content (AvgIpc) is 3.37. The van der Waals surface area contributed by atoms with E-state index in [9.17, 15) is 29.4 Å². The van der Waals surface area contributed by atoms with Crippen LogP contribution in [0.1, 0.15) is 23.9 Å². The highest BCUT2D eigenvalue weighted by molar-refractivity contribution is 5.70. The summed E-state index contributed by atoms with van der Waals surface area (Å²) in [5.41, 5.74) is -2.53. The van der Waals surface area contributed by atoms with Crippen molar-refractivity contribution in [2.24, 2.45) is 28.2 Å². The first-order valence-corrected chi connectivity index (χ1v) is 8.72. The standard InChI is InChI=1S/C16H18N8O6/c1-21-11-5(13(27)23(3)15(21)29)17-9(19-11)7(25)8(26)10-18-6-12(20-10)22(2)16(30)24(4)14(6)28/h7-8,25-26H,1-4H3,(H,17,19)(H,18,20)/t7-,8-/m0/s1. The van der Waals surface area contributed by atoms with Gasteiger partial charge in [0.1, 0.15) is 34.9 Å². The second-order valence-electron chi connectivity index (χ2n) is 6.94. The van der Waals surface area contributed by atoms with Crippen LogP contribution < -0.4 is 22.5 Å². The number of aryl methyl sites for hydroxylation is 2. The quantitative estimate of drug-likeness (QED) is 0.271. The van der Waals surface area contributed by atoms with Gasteiger partial charge in [-0.3, -0.25) is 27.9 Å². The van der Waals surface area contributed by atoms with E-state index in [4.69, 9.17) is 0 Å². The van der Waals surface area contributed by atoms with Crippen molar-refractivity contribution >= 4 is 22.3 Å². The maximum atomic E-state index is 12.3. The second kappa shape index (κ2) is 6.36. The van der Waals surface area contributed by atoms with Crippen LogP contribution in [-0.4, -0.2) is 48.4 Å². The lowest BCUT2D eigenvalue weighted by atomic mass is 10.2. The summed E-state index contributed by atoms with van der Waals surface area (Å²) >= 11 is 0. The smallest absolute Gasteiger partial charge is 0.332 e. The Labute approximate surface area is 165 Å². The van der Waals surface area contributed by atoms with E-state index in [1.54, 1.807) is 0 Å². The molecule has 0 spiro atoms. The molecule has 0 amide bonds. The molecule has 4 heterocycles. The first-order chi connectivity index (χ1) is 14.0. The van der Waals surface area contributed by atoms with Gasteiger partial charge in [-0.15, -0.1) is 0 Å². The van der Waals surface area contributed by atoms with Crippen molar-refractivity contribution in [2.45, 2.75) is 12.2 Å². The number of fused-ring (bicyclic) bond motifs is 2. The summed E-state index contributed by atoms with van der Waals surface area (Å²) in [6, 6.07) is 0. The number of aliphatic hydroxyl groups is 2. The van der Waals surface area contributed by atoms with Crippen molar-refractivity contribution in [3.05, 3.63) is 53.3 Å². The SMILES string of the molecule is Cn1c(=O)c2[nH]c([C@@H](O)[C@H](O)c3nc4c([nH]3)c(=O)n(C)c(=O)n4C)nc2n(C)c1=O. The Morgan fingerprint density at radius 2 is 1.00 bits per heavy atom. The number of aliphatic hydroxyl groups excluding tert-OH is 2. The summed E-state index contributed by atoms with van der Waals surface area (Å²) in [6.45, 7) is 0. The van der Waals surface area contributed by atoms with Crippen molar-refractivity contribution in [2.75, 3.05) is 0 Å². The number of H-pyrrole nitrogens is 2. The minimum absolute atomic E-state index is 0.00484. The molecule has 4 aromatic rings. The normalized spacial score (nSPS) is 13.9. The Morgan fingerprint density at radius 3 is 1.33 bits per heavy atom. The van der Waals surface area contributed by atoms with E-state index < -0.39 is 34.7 Å². The van der Waals surface area contributed by atoms with Crippen molar-refractivity contribution in [3.63, 3.8) is 0 Å². The van der Waals surface area contributed by atoms with Crippen molar-refractivity contribution < 1.29 is 10.2 Å². The molecule has 0 saturated heterocycles. The molecule has 30 heavy (non-hydrogen) atoms. The number of hydrogen-bond acceptors (Lipinski definition) is 8. The summed E-state index contributed by atoms with van der Waals surface area (Å²) in [6.07, 6.45) is -3.36. The molecule has 4 aromatic heterocycles. The molecule has 0 unspecified atom stereocenters. The zero-order valence-electron chi connectivity index (χ0n) is 16.4. The van der Waals surface area contributed by atoms with E-state index >= 15 is 0 Å². The third-order valence-electron chi connectivity index (χ3n) is 5.09. The van der Waals surface area contributed by atoms with Crippen LogP contribution >= 0.6 is 0 Å². The van der Waals surface area contributed by atoms with Gasteiger partial charge in [0.15, 0.2) is 11.3 Å². The van der Waals surface area contributed by atoms with E-state index in [-0.39, 0.29) is 34.0 Å². The van der Waals surface area contributed by atoms with Crippen LogP contribution in [0.5, 0.6) is 0 Å². The van der Waals surface area contributed by atoms with E-state index in [2.05, 4.69) is 19.9 Å². The molecule has 0 fully saturated rings. The molecule has 0 saturated carbocycles. The number of nitrogens with zero attached hydrogens (tertiary/aromatic N) is 6. The maximum absolute atomic E-state index is 12.3. The molecule has 0 aliphatic carbocycles. The van der Waals surface area contributed by atoms with Crippen LogP contribution in [0.2, 0.25) is 0 Å². The summed E-state index contributed by atoms with van der Waals surface area (Å²) < 4.78 is 4.00.